The van der Waals surface area contributed by atoms with Crippen LogP contribution in [0.25, 0.3) is 0 Å². The number of likely N-dealkylation sites (N-methyl/N-ethyl adjacent to an activating group) is 1. The van der Waals surface area contributed by atoms with Gasteiger partial charge in [0.05, 0.1) is 25.4 Å². The van der Waals surface area contributed by atoms with Crippen LogP contribution in [-0.2, 0) is 16.0 Å². The summed E-state index contributed by atoms with van der Waals surface area (Å²) in [5, 5.41) is 0.678. The second-order valence-electron chi connectivity index (χ2n) is 5.95. The van der Waals surface area contributed by atoms with Crippen molar-refractivity contribution in [2.45, 2.75) is 18.7 Å². The van der Waals surface area contributed by atoms with Crippen LogP contribution in [0.15, 0.2) is 18.2 Å². The molecule has 0 N–H and O–H groups in total. The smallest absolute Gasteiger partial charge is 0.337 e. The van der Waals surface area contributed by atoms with E-state index in [1.54, 1.807) is 12.1 Å². The van der Waals surface area contributed by atoms with Crippen molar-refractivity contribution in [3.8, 4) is 0 Å². The van der Waals surface area contributed by atoms with E-state index in [1.807, 2.05) is 6.07 Å². The number of halogens is 1. The molecule has 120 valence electrons. The SMILES string of the molecule is COC(=O)c1ccc(Cl)c(CN2CC3OCCN(C)C3C2)c1. The maximum atomic E-state index is 11.7. The minimum atomic E-state index is -0.337. The fraction of sp³-hybridized carbons (Fsp3) is 0.562. The molecule has 0 spiro atoms. The van der Waals surface area contributed by atoms with Gasteiger partial charge in [0.2, 0.25) is 0 Å². The van der Waals surface area contributed by atoms with Crippen LogP contribution in [0.1, 0.15) is 15.9 Å². The molecule has 6 heteroatoms. The molecule has 2 unspecified atom stereocenters. The Morgan fingerprint density at radius 2 is 2.27 bits per heavy atom. The monoisotopic (exact) mass is 324 g/mol. The van der Waals surface area contributed by atoms with E-state index in [-0.39, 0.29) is 12.1 Å². The van der Waals surface area contributed by atoms with Crippen LogP contribution in [0, 0.1) is 0 Å². The molecule has 22 heavy (non-hydrogen) atoms. The normalized spacial score (nSPS) is 26.0. The van der Waals surface area contributed by atoms with Gasteiger partial charge in [0.15, 0.2) is 0 Å². The Morgan fingerprint density at radius 1 is 1.45 bits per heavy atom. The minimum Gasteiger partial charge on any atom is -0.465 e. The largest absolute Gasteiger partial charge is 0.465 e. The van der Waals surface area contributed by atoms with Crippen LogP contribution >= 0.6 is 11.6 Å². The molecule has 0 amide bonds. The van der Waals surface area contributed by atoms with Gasteiger partial charge in [-0.1, -0.05) is 11.6 Å². The number of carbonyl (C=O) groups excluding carboxylic acids is 1. The molecule has 0 bridgehead atoms. The second-order valence-corrected chi connectivity index (χ2v) is 6.36. The predicted molar refractivity (Wildman–Crippen MR) is 84.2 cm³/mol. The Balaban J connectivity index is 1.72. The summed E-state index contributed by atoms with van der Waals surface area (Å²) >= 11 is 6.28. The van der Waals surface area contributed by atoms with Crippen molar-refractivity contribution >= 4 is 17.6 Å². The van der Waals surface area contributed by atoms with E-state index >= 15 is 0 Å². The molecule has 1 aromatic rings. The lowest BCUT2D eigenvalue weighted by Crippen LogP contribution is -2.48. The number of benzene rings is 1. The fourth-order valence-corrected chi connectivity index (χ4v) is 3.42. The van der Waals surface area contributed by atoms with E-state index in [4.69, 9.17) is 21.1 Å². The van der Waals surface area contributed by atoms with Gasteiger partial charge in [-0.15, -0.1) is 0 Å². The van der Waals surface area contributed by atoms with Gasteiger partial charge in [0, 0.05) is 37.2 Å². The van der Waals surface area contributed by atoms with Gasteiger partial charge in [-0.2, -0.15) is 0 Å². The molecule has 0 radical (unpaired) electrons. The first-order valence-electron chi connectivity index (χ1n) is 7.49. The third kappa shape index (κ3) is 3.13. The first-order chi connectivity index (χ1) is 10.6. The number of nitrogens with zero attached hydrogens (tertiary/aromatic N) is 2. The lowest BCUT2D eigenvalue weighted by molar-refractivity contribution is -0.0370. The third-order valence-corrected chi connectivity index (χ3v) is 4.88. The third-order valence-electron chi connectivity index (χ3n) is 4.52. The average Bonchev–Trinajstić information content (AvgIpc) is 2.93. The van der Waals surface area contributed by atoms with Crippen molar-refractivity contribution in [1.82, 2.24) is 9.80 Å². The van der Waals surface area contributed by atoms with Gasteiger partial charge in [0.25, 0.3) is 0 Å². The molecule has 1 aromatic carbocycles. The van der Waals surface area contributed by atoms with Crippen LogP contribution in [0.3, 0.4) is 0 Å². The first kappa shape index (κ1) is 15.7. The molecule has 2 heterocycles. The first-order valence-corrected chi connectivity index (χ1v) is 7.87. The molecule has 2 aliphatic rings. The number of hydrogen-bond donors (Lipinski definition) is 0. The van der Waals surface area contributed by atoms with Crippen molar-refractivity contribution < 1.29 is 14.3 Å². The number of esters is 1. The Hall–Kier alpha value is -1.14. The highest BCUT2D eigenvalue weighted by atomic mass is 35.5. The van der Waals surface area contributed by atoms with Crippen LogP contribution in [0.5, 0.6) is 0 Å². The Kier molecular flexibility index (Phi) is 4.68. The lowest BCUT2D eigenvalue weighted by Gasteiger charge is -2.33. The lowest BCUT2D eigenvalue weighted by atomic mass is 10.1. The van der Waals surface area contributed by atoms with Gasteiger partial charge in [-0.25, -0.2) is 4.79 Å². The molecule has 5 nitrogen and oxygen atoms in total. The highest BCUT2D eigenvalue weighted by molar-refractivity contribution is 6.31. The summed E-state index contributed by atoms with van der Waals surface area (Å²) in [5.74, 6) is -0.337. The zero-order valence-corrected chi connectivity index (χ0v) is 13.7. The minimum absolute atomic E-state index is 0.265. The molecule has 0 aliphatic carbocycles. The van der Waals surface area contributed by atoms with Crippen molar-refractivity contribution in [2.75, 3.05) is 40.4 Å². The van der Waals surface area contributed by atoms with Gasteiger partial charge in [-0.3, -0.25) is 9.80 Å². The Labute approximate surface area is 135 Å². The van der Waals surface area contributed by atoms with Crippen LogP contribution in [0.4, 0.5) is 0 Å². The Bertz CT molecular complexity index is 566. The number of ether oxygens (including phenoxy) is 2. The van der Waals surface area contributed by atoms with Gasteiger partial charge in [-0.05, 0) is 30.8 Å². The summed E-state index contributed by atoms with van der Waals surface area (Å²) in [7, 11) is 3.53. The van der Waals surface area contributed by atoms with E-state index < -0.39 is 0 Å². The van der Waals surface area contributed by atoms with Gasteiger partial charge >= 0.3 is 5.97 Å². The van der Waals surface area contributed by atoms with Crippen molar-refractivity contribution in [1.29, 1.82) is 0 Å². The van der Waals surface area contributed by atoms with E-state index in [0.29, 0.717) is 23.2 Å². The molecular formula is C16H21ClN2O3. The highest BCUT2D eigenvalue weighted by Crippen LogP contribution is 2.26. The average molecular weight is 325 g/mol. The topological polar surface area (TPSA) is 42.0 Å². The fourth-order valence-electron chi connectivity index (χ4n) is 3.24. The number of fused-ring (bicyclic) bond motifs is 1. The summed E-state index contributed by atoms with van der Waals surface area (Å²) in [6, 6.07) is 5.71. The molecule has 0 saturated carbocycles. The molecular weight excluding hydrogens is 304 g/mol. The van der Waals surface area contributed by atoms with Crippen molar-refractivity contribution in [3.63, 3.8) is 0 Å². The highest BCUT2D eigenvalue weighted by Gasteiger charge is 2.38. The van der Waals surface area contributed by atoms with Crippen LogP contribution in [0.2, 0.25) is 5.02 Å². The maximum Gasteiger partial charge on any atom is 0.337 e. The summed E-state index contributed by atoms with van der Waals surface area (Å²) < 4.78 is 10.6. The van der Waals surface area contributed by atoms with E-state index in [2.05, 4.69) is 16.8 Å². The van der Waals surface area contributed by atoms with Crippen molar-refractivity contribution in [2.24, 2.45) is 0 Å². The van der Waals surface area contributed by atoms with Gasteiger partial charge in [0.1, 0.15) is 0 Å². The zero-order chi connectivity index (χ0) is 15.7. The molecule has 2 atom stereocenters. The Morgan fingerprint density at radius 3 is 3.00 bits per heavy atom. The summed E-state index contributed by atoms with van der Waals surface area (Å²) in [6.07, 6.45) is 0.265. The molecule has 2 fully saturated rings. The van der Waals surface area contributed by atoms with E-state index in [1.165, 1.54) is 7.11 Å². The molecule has 2 saturated heterocycles. The number of carbonyl (C=O) groups is 1. The quantitative estimate of drug-likeness (QED) is 0.791. The van der Waals surface area contributed by atoms with E-state index in [9.17, 15) is 4.79 Å². The number of likely N-dealkylation sites (tertiary alicyclic amines) is 1. The number of methoxy groups -OCH3 is 1. The molecule has 2 aliphatic heterocycles. The number of hydrogen-bond acceptors (Lipinski definition) is 5. The molecule has 3 rings (SSSR count). The zero-order valence-electron chi connectivity index (χ0n) is 12.9. The van der Waals surface area contributed by atoms with Gasteiger partial charge < -0.3 is 9.47 Å². The van der Waals surface area contributed by atoms with Crippen LogP contribution < -0.4 is 0 Å². The summed E-state index contributed by atoms with van der Waals surface area (Å²) in [6.45, 7) is 4.35. The number of morpholine rings is 1. The standard InChI is InChI=1S/C16H21ClN2O3/c1-18-5-6-22-15-10-19(9-14(15)18)8-12-7-11(16(20)21-2)3-4-13(12)17/h3-4,7,14-15H,5-6,8-10H2,1-2H3. The van der Waals surface area contributed by atoms with E-state index in [0.717, 1.165) is 31.8 Å². The number of rotatable bonds is 3. The summed E-state index contributed by atoms with van der Waals surface area (Å²) in [5.41, 5.74) is 1.48. The molecule has 0 aromatic heterocycles. The maximum absolute atomic E-state index is 11.7. The second kappa shape index (κ2) is 6.54. The predicted octanol–water partition coefficient (Wildman–Crippen LogP) is 1.64. The summed E-state index contributed by atoms with van der Waals surface area (Å²) in [4.78, 5) is 16.4. The van der Waals surface area contributed by atoms with Crippen molar-refractivity contribution in [3.05, 3.63) is 34.3 Å². The van der Waals surface area contributed by atoms with Crippen LogP contribution in [-0.4, -0.2) is 68.3 Å².